The number of benzene rings is 2. The summed E-state index contributed by atoms with van der Waals surface area (Å²) in [6, 6.07) is 11.4. The lowest BCUT2D eigenvalue weighted by Gasteiger charge is -2.10. The van der Waals surface area contributed by atoms with Gasteiger partial charge in [0.25, 0.3) is 5.91 Å². The molecule has 2 aromatic rings. The molecule has 3 N–H and O–H groups in total. The Kier molecular flexibility index (Phi) is 5.37. The third-order valence-corrected chi connectivity index (χ3v) is 3.23. The molecule has 0 fully saturated rings. The van der Waals surface area contributed by atoms with Crippen LogP contribution in [0.2, 0.25) is 0 Å². The number of carboxylic acids is 1. The highest BCUT2D eigenvalue weighted by Crippen LogP contribution is 2.05. The van der Waals surface area contributed by atoms with Gasteiger partial charge < -0.3 is 10.4 Å². The number of carbonyl (C=O) groups excluding carboxylic acids is 1. The molecule has 0 aromatic heterocycles. The fourth-order valence-electron chi connectivity index (χ4n) is 1.77. The molecule has 2 aromatic carbocycles. The van der Waals surface area contributed by atoms with E-state index in [0.29, 0.717) is 12.1 Å². The fourth-order valence-corrected chi connectivity index (χ4v) is 1.93. The number of carboxylic acid groups (broad SMARTS) is 1. The Morgan fingerprint density at radius 2 is 1.57 bits per heavy atom. The van der Waals surface area contributed by atoms with Crippen molar-refractivity contribution in [3.8, 4) is 0 Å². The average Bonchev–Trinajstić information content (AvgIpc) is 2.54. The van der Waals surface area contributed by atoms with Crippen molar-refractivity contribution in [3.63, 3.8) is 0 Å². The second-order valence-corrected chi connectivity index (χ2v) is 5.05. The molecule has 7 heteroatoms. The number of aromatic carboxylic acids is 1. The third-order valence-electron chi connectivity index (χ3n) is 2.99. The molecule has 0 aliphatic heterocycles. The zero-order valence-electron chi connectivity index (χ0n) is 11.9. The molecule has 0 spiro atoms. The standard InChI is InChI=1S/C16H13FN2O3S/c17-13-7-5-11(6-8-13)14(20)19-16(23)18-9-10-1-3-12(4-2-10)15(21)22/h1-8H,9H2,(H,21,22)(H2,18,19,20,23). The van der Waals surface area contributed by atoms with E-state index in [-0.39, 0.29) is 10.7 Å². The lowest BCUT2D eigenvalue weighted by molar-refractivity contribution is 0.0696. The first-order valence-electron chi connectivity index (χ1n) is 6.62. The van der Waals surface area contributed by atoms with Gasteiger partial charge >= 0.3 is 5.97 Å². The van der Waals surface area contributed by atoms with Gasteiger partial charge in [-0.05, 0) is 54.2 Å². The summed E-state index contributed by atoms with van der Waals surface area (Å²) in [4.78, 5) is 22.6. The number of amides is 1. The Morgan fingerprint density at radius 3 is 2.13 bits per heavy atom. The maximum Gasteiger partial charge on any atom is 0.335 e. The topological polar surface area (TPSA) is 78.4 Å². The van der Waals surface area contributed by atoms with Gasteiger partial charge in [-0.1, -0.05) is 12.1 Å². The van der Waals surface area contributed by atoms with Crippen LogP contribution in [0.5, 0.6) is 0 Å². The van der Waals surface area contributed by atoms with Crippen LogP contribution in [0.25, 0.3) is 0 Å². The predicted molar refractivity (Wildman–Crippen MR) is 86.7 cm³/mol. The number of nitrogens with one attached hydrogen (secondary N) is 2. The minimum atomic E-state index is -0.994. The van der Waals surface area contributed by atoms with Crippen LogP contribution >= 0.6 is 12.2 Å². The molecular weight excluding hydrogens is 319 g/mol. The van der Waals surface area contributed by atoms with Crippen molar-refractivity contribution in [2.75, 3.05) is 0 Å². The molecule has 0 saturated heterocycles. The molecule has 118 valence electrons. The molecule has 0 atom stereocenters. The second-order valence-electron chi connectivity index (χ2n) is 4.65. The highest BCUT2D eigenvalue weighted by Gasteiger charge is 2.08. The van der Waals surface area contributed by atoms with Gasteiger partial charge in [0, 0.05) is 12.1 Å². The summed E-state index contributed by atoms with van der Waals surface area (Å²) in [6.07, 6.45) is 0. The Bertz CT molecular complexity index is 730. The van der Waals surface area contributed by atoms with E-state index in [1.54, 1.807) is 12.1 Å². The number of carbonyl (C=O) groups is 2. The van der Waals surface area contributed by atoms with Crippen molar-refractivity contribution in [3.05, 3.63) is 71.0 Å². The van der Waals surface area contributed by atoms with Crippen LogP contribution in [0, 0.1) is 5.82 Å². The molecule has 0 aliphatic carbocycles. The van der Waals surface area contributed by atoms with Gasteiger partial charge in [-0.3, -0.25) is 10.1 Å². The van der Waals surface area contributed by atoms with Gasteiger partial charge in [-0.15, -0.1) is 0 Å². The smallest absolute Gasteiger partial charge is 0.335 e. The van der Waals surface area contributed by atoms with Gasteiger partial charge in [-0.25, -0.2) is 9.18 Å². The normalized spacial score (nSPS) is 9.96. The first kappa shape index (κ1) is 16.6. The van der Waals surface area contributed by atoms with Gasteiger partial charge in [0.1, 0.15) is 5.82 Å². The highest BCUT2D eigenvalue weighted by molar-refractivity contribution is 7.80. The van der Waals surface area contributed by atoms with E-state index in [2.05, 4.69) is 10.6 Å². The lowest BCUT2D eigenvalue weighted by atomic mass is 10.1. The Labute approximate surface area is 137 Å². The Hall–Kier alpha value is -2.80. The predicted octanol–water partition coefficient (Wildman–Crippen LogP) is 2.33. The Balaban J connectivity index is 1.86. The van der Waals surface area contributed by atoms with Crippen molar-refractivity contribution in [1.29, 1.82) is 0 Å². The minimum Gasteiger partial charge on any atom is -0.478 e. The van der Waals surface area contributed by atoms with Crippen LogP contribution < -0.4 is 10.6 Å². The van der Waals surface area contributed by atoms with Crippen LogP contribution in [-0.2, 0) is 6.54 Å². The van der Waals surface area contributed by atoms with Crippen molar-refractivity contribution in [2.45, 2.75) is 6.54 Å². The molecule has 0 unspecified atom stereocenters. The number of hydrogen-bond acceptors (Lipinski definition) is 3. The highest BCUT2D eigenvalue weighted by atomic mass is 32.1. The lowest BCUT2D eigenvalue weighted by Crippen LogP contribution is -2.38. The van der Waals surface area contributed by atoms with Crippen molar-refractivity contribution >= 4 is 29.2 Å². The summed E-state index contributed by atoms with van der Waals surface area (Å²) in [5, 5.41) is 14.3. The van der Waals surface area contributed by atoms with Crippen LogP contribution in [0.1, 0.15) is 26.3 Å². The van der Waals surface area contributed by atoms with Crippen LogP contribution in [-0.4, -0.2) is 22.1 Å². The van der Waals surface area contributed by atoms with E-state index in [1.165, 1.54) is 36.4 Å². The molecular formula is C16H13FN2O3S. The molecule has 0 aliphatic rings. The van der Waals surface area contributed by atoms with E-state index < -0.39 is 17.7 Å². The first-order valence-corrected chi connectivity index (χ1v) is 7.03. The minimum absolute atomic E-state index is 0.127. The summed E-state index contributed by atoms with van der Waals surface area (Å²) in [5.74, 6) is -1.86. The average molecular weight is 332 g/mol. The Morgan fingerprint density at radius 1 is 1.00 bits per heavy atom. The summed E-state index contributed by atoms with van der Waals surface area (Å²) >= 11 is 5.01. The van der Waals surface area contributed by atoms with E-state index >= 15 is 0 Å². The first-order chi connectivity index (χ1) is 11.0. The van der Waals surface area contributed by atoms with E-state index in [1.807, 2.05) is 0 Å². The maximum atomic E-state index is 12.8. The number of rotatable bonds is 4. The van der Waals surface area contributed by atoms with Crippen LogP contribution in [0.3, 0.4) is 0 Å². The number of thiocarbonyl (C=S) groups is 1. The number of halogens is 1. The molecule has 1 amide bonds. The van der Waals surface area contributed by atoms with Gasteiger partial charge in [0.05, 0.1) is 5.56 Å². The van der Waals surface area contributed by atoms with Crippen LogP contribution in [0.4, 0.5) is 4.39 Å². The molecule has 0 saturated carbocycles. The molecule has 5 nitrogen and oxygen atoms in total. The molecule has 2 rings (SSSR count). The van der Waals surface area contributed by atoms with E-state index in [9.17, 15) is 14.0 Å². The molecule has 0 bridgehead atoms. The van der Waals surface area contributed by atoms with Crippen molar-refractivity contribution in [2.24, 2.45) is 0 Å². The summed E-state index contributed by atoms with van der Waals surface area (Å²) in [6.45, 7) is 0.336. The monoisotopic (exact) mass is 332 g/mol. The van der Waals surface area contributed by atoms with E-state index in [0.717, 1.165) is 5.56 Å². The molecule has 0 heterocycles. The summed E-state index contributed by atoms with van der Waals surface area (Å²) < 4.78 is 12.8. The van der Waals surface area contributed by atoms with Gasteiger partial charge in [-0.2, -0.15) is 0 Å². The van der Waals surface area contributed by atoms with Gasteiger partial charge in [0.15, 0.2) is 5.11 Å². The maximum absolute atomic E-state index is 12.8. The second kappa shape index (κ2) is 7.46. The van der Waals surface area contributed by atoms with Gasteiger partial charge in [0.2, 0.25) is 0 Å². The molecule has 23 heavy (non-hydrogen) atoms. The number of hydrogen-bond donors (Lipinski definition) is 3. The SMILES string of the molecule is O=C(O)c1ccc(CNC(=S)NC(=O)c2ccc(F)cc2)cc1. The third kappa shape index (κ3) is 4.86. The molecule has 0 radical (unpaired) electrons. The van der Waals surface area contributed by atoms with Crippen LogP contribution in [0.15, 0.2) is 48.5 Å². The summed E-state index contributed by atoms with van der Waals surface area (Å²) in [7, 11) is 0. The summed E-state index contributed by atoms with van der Waals surface area (Å²) in [5.41, 5.74) is 1.30. The van der Waals surface area contributed by atoms with Crippen molar-refractivity contribution in [1.82, 2.24) is 10.6 Å². The quantitative estimate of drug-likeness (QED) is 0.749. The zero-order valence-corrected chi connectivity index (χ0v) is 12.7. The van der Waals surface area contributed by atoms with E-state index in [4.69, 9.17) is 17.3 Å². The fraction of sp³-hybridized carbons (Fsp3) is 0.0625. The largest absolute Gasteiger partial charge is 0.478 e. The zero-order chi connectivity index (χ0) is 16.8. The van der Waals surface area contributed by atoms with Crippen molar-refractivity contribution < 1.29 is 19.1 Å².